The maximum atomic E-state index is 2.32. The normalized spacial score (nSPS) is 10.4. The van der Waals surface area contributed by atoms with Crippen LogP contribution in [0.2, 0.25) is 26.4 Å². The summed E-state index contributed by atoms with van der Waals surface area (Å²) in [4.78, 5) is 0. The van der Waals surface area contributed by atoms with Crippen LogP contribution in [-0.4, -0.2) is 29.4 Å². The van der Waals surface area contributed by atoms with Gasteiger partial charge in [-0.1, -0.05) is 191 Å². The molecule has 0 fully saturated rings. The van der Waals surface area contributed by atoms with Crippen LogP contribution < -0.4 is 12.4 Å². The smallest absolute Gasteiger partial charge is 1.00 e. The van der Waals surface area contributed by atoms with Crippen LogP contribution in [0.4, 0.5) is 0 Å². The summed E-state index contributed by atoms with van der Waals surface area (Å²) in [5.74, 6) is 0. The summed E-state index contributed by atoms with van der Waals surface area (Å²) < 4.78 is 0. The second-order valence-electron chi connectivity index (χ2n) is 11.8. The molecule has 0 unspecified atom stereocenters. The molecule has 0 aliphatic carbocycles. The van der Waals surface area contributed by atoms with Gasteiger partial charge in [0.25, 0.3) is 14.1 Å². The Morgan fingerprint density at radius 2 is 0.541 bits per heavy atom. The average molecular weight is 571 g/mol. The van der Waals surface area contributed by atoms with Gasteiger partial charge in [-0.2, -0.15) is 0 Å². The molecule has 0 atom stereocenters. The molecule has 0 aromatic heterocycles. The summed E-state index contributed by atoms with van der Waals surface area (Å²) in [6.07, 6.45) is 35.7. The molecule has 0 radical (unpaired) electrons. The average Bonchev–Trinajstić information content (AvgIpc) is 2.89. The van der Waals surface area contributed by atoms with E-state index in [0.717, 1.165) is 15.2 Å². The van der Waals surface area contributed by atoms with E-state index in [4.69, 9.17) is 0 Å². The van der Waals surface area contributed by atoms with Gasteiger partial charge in [0.05, 0.1) is 0 Å². The molecule has 0 aromatic rings. The van der Waals surface area contributed by atoms with Crippen LogP contribution in [0.1, 0.15) is 189 Å². The Morgan fingerprint density at radius 1 is 0.324 bits per heavy atom. The number of hydrogen-bond donors (Lipinski definition) is 0. The summed E-state index contributed by atoms with van der Waals surface area (Å²) in [6, 6.07) is 0. The van der Waals surface area contributed by atoms with E-state index >= 15 is 0 Å². The molecule has 0 nitrogen and oxygen atoms in total. The zero-order valence-electron chi connectivity index (χ0n) is 27.0. The topological polar surface area (TPSA) is 0 Å². The van der Waals surface area contributed by atoms with Crippen LogP contribution in [0.5, 0.6) is 0 Å². The summed E-state index contributed by atoms with van der Waals surface area (Å²) in [7, 11) is 0. The standard InChI is InChI=1S/3C10H21.2C2H5.2Al.ClH/c3*1-3-5-7-9-10-8-6-4-2;2*1-2;;;/h3*1,3-10H2,2H3;2*1H2,2H3;;;1H/q;;;;;;+1;/p-1. The number of unbranched alkanes of at least 4 members (excludes halogenated alkanes) is 21. The van der Waals surface area contributed by atoms with Crippen molar-refractivity contribution in [3.05, 3.63) is 0 Å². The fraction of sp³-hybridized carbons (Fsp3) is 1.00. The monoisotopic (exact) mass is 571 g/mol. The maximum Gasteiger partial charge on any atom is -1.00 e. The van der Waals surface area contributed by atoms with E-state index < -0.39 is 14.1 Å². The second kappa shape index (κ2) is 41.8. The van der Waals surface area contributed by atoms with Gasteiger partial charge in [-0.25, -0.2) is 0 Å². The van der Waals surface area contributed by atoms with Gasteiger partial charge in [0.1, 0.15) is 0 Å². The Morgan fingerprint density at radius 3 is 0.730 bits per heavy atom. The molecular formula is C34H73Al2Cl. The van der Waals surface area contributed by atoms with Gasteiger partial charge in [0.15, 0.2) is 0 Å². The van der Waals surface area contributed by atoms with Crippen molar-refractivity contribution in [2.75, 3.05) is 0 Å². The van der Waals surface area contributed by atoms with Crippen LogP contribution in [-0.2, 0) is 0 Å². The van der Waals surface area contributed by atoms with Gasteiger partial charge in [0.2, 0.25) is 0 Å². The van der Waals surface area contributed by atoms with Crippen LogP contribution in [0.3, 0.4) is 0 Å². The van der Waals surface area contributed by atoms with Gasteiger partial charge < -0.3 is 12.4 Å². The Kier molecular flexibility index (Phi) is 48.4. The minimum Gasteiger partial charge on any atom is -1.00 e. The largest absolute Gasteiger partial charge is 1.00 e. The molecule has 0 aromatic carbocycles. The molecule has 0 saturated carbocycles. The first-order chi connectivity index (χ1) is 17.8. The van der Waals surface area contributed by atoms with Crippen LogP contribution in [0.15, 0.2) is 0 Å². The predicted molar refractivity (Wildman–Crippen MR) is 175 cm³/mol. The van der Waals surface area contributed by atoms with E-state index in [-0.39, 0.29) is 12.4 Å². The molecule has 0 amide bonds. The first-order valence-corrected chi connectivity index (χ1v) is 21.7. The van der Waals surface area contributed by atoms with Gasteiger partial charge in [0, 0.05) is 0 Å². The zero-order chi connectivity index (χ0) is 26.8. The molecule has 0 bridgehead atoms. The first-order valence-electron chi connectivity index (χ1n) is 17.6. The molecule has 0 aliphatic heterocycles. The molecule has 0 N–H and O–H groups in total. The SMILES string of the molecule is CCCCCCCCC[CH2][Al]([CH2]CCCCCCCCC)[CH2]CCCCCCCCC.C[CH2][Al+][CH2]C.[Cl-]. The van der Waals surface area contributed by atoms with Crippen molar-refractivity contribution in [1.82, 2.24) is 0 Å². The van der Waals surface area contributed by atoms with E-state index in [9.17, 15) is 0 Å². The maximum absolute atomic E-state index is 2.32. The Bertz CT molecular complexity index is 301. The van der Waals surface area contributed by atoms with Crippen molar-refractivity contribution < 1.29 is 12.4 Å². The van der Waals surface area contributed by atoms with Crippen molar-refractivity contribution in [3.63, 3.8) is 0 Å². The van der Waals surface area contributed by atoms with Crippen molar-refractivity contribution >= 4 is 29.4 Å². The Hall–Kier alpha value is 1.35. The van der Waals surface area contributed by atoms with Gasteiger partial charge in [-0.05, 0) is 0 Å². The molecule has 222 valence electrons. The molecule has 0 spiro atoms. The van der Waals surface area contributed by atoms with Gasteiger partial charge in [-0.3, -0.25) is 0 Å². The Balaban J connectivity index is -0.00000174. The summed E-state index contributed by atoms with van der Waals surface area (Å²) in [5.41, 5.74) is 0. The first kappa shape index (κ1) is 42.8. The molecule has 3 heteroatoms. The summed E-state index contributed by atoms with van der Waals surface area (Å²) >= 11 is 0.371. The van der Waals surface area contributed by atoms with E-state index in [0.29, 0.717) is 0 Å². The van der Waals surface area contributed by atoms with Crippen molar-refractivity contribution in [1.29, 1.82) is 0 Å². The zero-order valence-corrected chi connectivity index (χ0v) is 30.1. The summed E-state index contributed by atoms with van der Waals surface area (Å²) in [6.45, 7) is 11.5. The fourth-order valence-electron chi connectivity index (χ4n) is 5.42. The van der Waals surface area contributed by atoms with Crippen LogP contribution >= 0.6 is 0 Å². The van der Waals surface area contributed by atoms with Gasteiger partial charge >= 0.3 is 39.6 Å². The molecule has 0 heterocycles. The Labute approximate surface area is 255 Å². The molecule has 0 aliphatic rings. The third-order valence-electron chi connectivity index (χ3n) is 7.98. The summed E-state index contributed by atoms with van der Waals surface area (Å²) in [5, 5.41) is 7.86. The third-order valence-corrected chi connectivity index (χ3v) is 12.8. The van der Waals surface area contributed by atoms with Crippen molar-refractivity contribution in [3.8, 4) is 0 Å². The quantitative estimate of drug-likeness (QED) is 0.0619. The van der Waals surface area contributed by atoms with Crippen molar-refractivity contribution in [2.45, 2.75) is 215 Å². The number of rotatable bonds is 29. The number of hydrogen-bond acceptors (Lipinski definition) is 0. The molecule has 0 saturated heterocycles. The third kappa shape index (κ3) is 42.0. The van der Waals surface area contributed by atoms with Crippen LogP contribution in [0.25, 0.3) is 0 Å². The second-order valence-corrected chi connectivity index (χ2v) is 17.4. The van der Waals surface area contributed by atoms with E-state index in [1.54, 1.807) is 35.1 Å². The molecule has 37 heavy (non-hydrogen) atoms. The van der Waals surface area contributed by atoms with E-state index in [1.165, 1.54) is 145 Å². The van der Waals surface area contributed by atoms with Crippen LogP contribution in [0, 0.1) is 0 Å². The van der Waals surface area contributed by atoms with Crippen molar-refractivity contribution in [2.24, 2.45) is 0 Å². The van der Waals surface area contributed by atoms with E-state index in [1.807, 2.05) is 0 Å². The molecular weight excluding hydrogens is 498 g/mol. The van der Waals surface area contributed by atoms with E-state index in [2.05, 4.69) is 34.6 Å². The predicted octanol–water partition coefficient (Wildman–Crippen LogP) is 10.5. The molecule has 0 rings (SSSR count). The number of halogens is 1. The minimum atomic E-state index is -0.444. The van der Waals surface area contributed by atoms with Gasteiger partial charge in [-0.15, -0.1) is 0 Å². The fourth-order valence-corrected chi connectivity index (χ4v) is 9.46. The minimum absolute atomic E-state index is 0.